The molecule has 19 heavy (non-hydrogen) atoms. The van der Waals surface area contributed by atoms with Crippen LogP contribution in [0, 0.1) is 0 Å². The highest BCUT2D eigenvalue weighted by molar-refractivity contribution is 5.99. The Morgan fingerprint density at radius 2 is 1.95 bits per heavy atom. The van der Waals surface area contributed by atoms with Gasteiger partial charge in [-0.2, -0.15) is 0 Å². The van der Waals surface area contributed by atoms with Crippen molar-refractivity contribution in [3.63, 3.8) is 0 Å². The Bertz CT molecular complexity index is 454. The van der Waals surface area contributed by atoms with Gasteiger partial charge in [-0.05, 0) is 29.7 Å². The van der Waals surface area contributed by atoms with Gasteiger partial charge in [0.25, 0.3) is 0 Å². The number of rotatable bonds is 6. The van der Waals surface area contributed by atoms with Crippen molar-refractivity contribution in [1.82, 2.24) is 0 Å². The number of ketones is 1. The Morgan fingerprint density at radius 3 is 2.47 bits per heavy atom. The lowest BCUT2D eigenvalue weighted by Gasteiger charge is -1.89. The second-order valence-electron chi connectivity index (χ2n) is 3.52. The van der Waals surface area contributed by atoms with E-state index in [2.05, 4.69) is 25.3 Å². The number of allylic oxidation sites excluding steroid dienone is 12. The summed E-state index contributed by atoms with van der Waals surface area (Å²) in [6.45, 7) is 11.2. The van der Waals surface area contributed by atoms with Gasteiger partial charge in [-0.1, -0.05) is 75.6 Å². The summed E-state index contributed by atoms with van der Waals surface area (Å²) in [4.78, 5) is 11.5. The van der Waals surface area contributed by atoms with Gasteiger partial charge in [-0.15, -0.1) is 0 Å². The van der Waals surface area contributed by atoms with Crippen LogP contribution in [0.5, 0.6) is 0 Å². The minimum Gasteiger partial charge on any atom is -0.290 e. The van der Waals surface area contributed by atoms with E-state index in [1.807, 2.05) is 26.0 Å². The number of carbonyl (C=O) groups is 1. The maximum Gasteiger partial charge on any atom is 0.178 e. The molecule has 0 saturated heterocycles. The third-order valence-electron chi connectivity index (χ3n) is 2.23. The van der Waals surface area contributed by atoms with E-state index in [4.69, 9.17) is 0 Å². The maximum atomic E-state index is 11.5. The van der Waals surface area contributed by atoms with Crippen molar-refractivity contribution >= 4 is 5.78 Å². The molecule has 1 rings (SSSR count). The quantitative estimate of drug-likeness (QED) is 0.488. The molecule has 0 fully saturated rings. The Kier molecular flexibility index (Phi) is 9.73. The molecule has 0 aliphatic heterocycles. The molecule has 1 aliphatic carbocycles. The normalized spacial score (nSPS) is 14.2. The summed E-state index contributed by atoms with van der Waals surface area (Å²) in [7, 11) is 0. The molecule has 100 valence electrons. The molecule has 0 saturated carbocycles. The summed E-state index contributed by atoms with van der Waals surface area (Å²) in [5.74, 6) is -0.0389. The van der Waals surface area contributed by atoms with Crippen LogP contribution >= 0.6 is 0 Å². The summed E-state index contributed by atoms with van der Waals surface area (Å²) in [6.07, 6.45) is 18.8. The Balaban J connectivity index is 0.00000154. The van der Waals surface area contributed by atoms with E-state index in [0.29, 0.717) is 0 Å². The fraction of sp³-hybridized carbons (Fsp3) is 0.167. The Morgan fingerprint density at radius 1 is 1.21 bits per heavy atom. The van der Waals surface area contributed by atoms with Crippen molar-refractivity contribution in [2.75, 3.05) is 0 Å². The van der Waals surface area contributed by atoms with E-state index in [9.17, 15) is 4.79 Å². The predicted octanol–water partition coefficient (Wildman–Crippen LogP) is 4.88. The van der Waals surface area contributed by atoms with Gasteiger partial charge in [0.2, 0.25) is 0 Å². The molecule has 0 bridgehead atoms. The average Bonchev–Trinajstić information content (AvgIpc) is 2.96. The molecule has 0 atom stereocenters. The van der Waals surface area contributed by atoms with Crippen molar-refractivity contribution in [3.8, 4) is 0 Å². The highest BCUT2D eigenvalue weighted by atomic mass is 16.1. The second kappa shape index (κ2) is 11.0. The molecule has 1 aliphatic rings. The SMILES string of the molecule is C=C/C=C(C=C)/C=C/C(=O)/C=C/C1=CCC=C1.CC. The van der Waals surface area contributed by atoms with Gasteiger partial charge in [0.15, 0.2) is 5.78 Å². The first kappa shape index (κ1) is 16.9. The van der Waals surface area contributed by atoms with Crippen molar-refractivity contribution < 1.29 is 4.79 Å². The van der Waals surface area contributed by atoms with Gasteiger partial charge in [-0.3, -0.25) is 4.79 Å². The Labute approximate surface area is 116 Å². The van der Waals surface area contributed by atoms with E-state index < -0.39 is 0 Å². The first-order chi connectivity index (χ1) is 9.26. The highest BCUT2D eigenvalue weighted by Gasteiger charge is 1.94. The molecule has 1 nitrogen and oxygen atoms in total. The van der Waals surface area contributed by atoms with Gasteiger partial charge in [0, 0.05) is 0 Å². The number of carbonyl (C=O) groups excluding carboxylic acids is 1. The molecule has 0 aromatic rings. The predicted molar refractivity (Wildman–Crippen MR) is 85.0 cm³/mol. The maximum absolute atomic E-state index is 11.5. The van der Waals surface area contributed by atoms with Crippen molar-refractivity contribution in [2.45, 2.75) is 20.3 Å². The van der Waals surface area contributed by atoms with Crippen LogP contribution < -0.4 is 0 Å². The van der Waals surface area contributed by atoms with Crippen LogP contribution in [0.3, 0.4) is 0 Å². The highest BCUT2D eigenvalue weighted by Crippen LogP contribution is 2.09. The summed E-state index contributed by atoms with van der Waals surface area (Å²) in [6, 6.07) is 0. The zero-order chi connectivity index (χ0) is 14.5. The molecule has 0 amide bonds. The van der Waals surface area contributed by atoms with Crippen LogP contribution in [0.15, 0.2) is 85.1 Å². The molecule has 0 heterocycles. The lowest BCUT2D eigenvalue weighted by molar-refractivity contribution is -0.110. The Hall–Kier alpha value is -2.15. The lowest BCUT2D eigenvalue weighted by Crippen LogP contribution is -1.85. The van der Waals surface area contributed by atoms with Crippen LogP contribution in [0.2, 0.25) is 0 Å². The van der Waals surface area contributed by atoms with Crippen LogP contribution in [-0.2, 0) is 4.79 Å². The van der Waals surface area contributed by atoms with Crippen LogP contribution in [0.25, 0.3) is 0 Å². The fourth-order valence-corrected chi connectivity index (χ4v) is 1.34. The molecule has 1 heteroatoms. The number of hydrogen-bond donors (Lipinski definition) is 0. The topological polar surface area (TPSA) is 17.1 Å². The van der Waals surface area contributed by atoms with E-state index in [-0.39, 0.29) is 5.78 Å². The molecule has 0 aromatic carbocycles. The summed E-state index contributed by atoms with van der Waals surface area (Å²) in [5.41, 5.74) is 1.94. The summed E-state index contributed by atoms with van der Waals surface area (Å²) >= 11 is 0. The first-order valence-corrected chi connectivity index (χ1v) is 6.48. The minimum atomic E-state index is -0.0389. The van der Waals surface area contributed by atoms with Crippen LogP contribution in [0.1, 0.15) is 20.3 Å². The minimum absolute atomic E-state index is 0.0389. The zero-order valence-corrected chi connectivity index (χ0v) is 11.8. The smallest absolute Gasteiger partial charge is 0.178 e. The van der Waals surface area contributed by atoms with Gasteiger partial charge in [-0.25, -0.2) is 0 Å². The van der Waals surface area contributed by atoms with Crippen molar-refractivity contribution in [1.29, 1.82) is 0 Å². The third-order valence-corrected chi connectivity index (χ3v) is 2.23. The second-order valence-corrected chi connectivity index (χ2v) is 3.52. The van der Waals surface area contributed by atoms with Gasteiger partial charge < -0.3 is 0 Å². The van der Waals surface area contributed by atoms with Crippen molar-refractivity contribution in [3.05, 3.63) is 85.1 Å². The first-order valence-electron chi connectivity index (χ1n) is 6.48. The van der Waals surface area contributed by atoms with E-state index in [0.717, 1.165) is 17.6 Å². The molecular weight excluding hydrogens is 232 g/mol. The van der Waals surface area contributed by atoms with Crippen molar-refractivity contribution in [2.24, 2.45) is 0 Å². The fourth-order valence-electron chi connectivity index (χ4n) is 1.34. The van der Waals surface area contributed by atoms with Gasteiger partial charge in [0.05, 0.1) is 0 Å². The number of hydrogen-bond acceptors (Lipinski definition) is 1. The van der Waals surface area contributed by atoms with Crippen LogP contribution in [-0.4, -0.2) is 5.78 Å². The largest absolute Gasteiger partial charge is 0.290 e. The molecule has 0 unspecified atom stereocenters. The molecule has 0 spiro atoms. The molecule has 0 N–H and O–H groups in total. The summed E-state index contributed by atoms with van der Waals surface area (Å²) < 4.78 is 0. The average molecular weight is 254 g/mol. The standard InChI is InChI=1S/C16H16O.C2H6/c1-3-7-14(4-2)10-12-16(17)13-11-15-8-5-6-9-15;1-2/h3-5,7-13H,1-2,6H2;1-2H3/b12-10+,13-11+,14-7+;. The molecule has 0 aromatic heterocycles. The van der Waals surface area contributed by atoms with Gasteiger partial charge >= 0.3 is 0 Å². The van der Waals surface area contributed by atoms with E-state index >= 15 is 0 Å². The third kappa shape index (κ3) is 7.72. The lowest BCUT2D eigenvalue weighted by atomic mass is 10.2. The summed E-state index contributed by atoms with van der Waals surface area (Å²) in [5, 5.41) is 0. The molecular formula is C18H22O. The molecule has 0 radical (unpaired) electrons. The monoisotopic (exact) mass is 254 g/mol. The van der Waals surface area contributed by atoms with E-state index in [1.165, 1.54) is 6.08 Å². The zero-order valence-electron chi connectivity index (χ0n) is 11.8. The van der Waals surface area contributed by atoms with E-state index in [1.54, 1.807) is 30.4 Å². The van der Waals surface area contributed by atoms with Crippen LogP contribution in [0.4, 0.5) is 0 Å². The van der Waals surface area contributed by atoms with Gasteiger partial charge in [0.1, 0.15) is 0 Å².